The molecule has 2 unspecified atom stereocenters. The molecule has 0 saturated carbocycles. The van der Waals surface area contributed by atoms with E-state index < -0.39 is 0 Å². The molecule has 0 spiro atoms. The van der Waals surface area contributed by atoms with E-state index in [9.17, 15) is 0 Å². The molecule has 1 aliphatic carbocycles. The van der Waals surface area contributed by atoms with Gasteiger partial charge in [0, 0.05) is 11.3 Å². The summed E-state index contributed by atoms with van der Waals surface area (Å²) < 4.78 is 6.09. The van der Waals surface area contributed by atoms with Crippen LogP contribution >= 0.6 is 11.3 Å². The molecule has 1 aromatic carbocycles. The second-order valence-corrected chi connectivity index (χ2v) is 6.90. The summed E-state index contributed by atoms with van der Waals surface area (Å²) in [6.45, 7) is 3.17. The predicted molar refractivity (Wildman–Crippen MR) is 85.0 cm³/mol. The maximum Gasteiger partial charge on any atom is 0.154 e. The van der Waals surface area contributed by atoms with Crippen molar-refractivity contribution in [3.63, 3.8) is 0 Å². The van der Waals surface area contributed by atoms with Gasteiger partial charge in [-0.15, -0.1) is 11.3 Å². The maximum atomic E-state index is 6.09. The van der Waals surface area contributed by atoms with Crippen molar-refractivity contribution >= 4 is 11.3 Å². The first-order chi connectivity index (χ1) is 10.3. The Morgan fingerprint density at radius 1 is 1.38 bits per heavy atom. The Bertz CT molecular complexity index is 627. The first-order valence-corrected chi connectivity index (χ1v) is 8.64. The van der Waals surface area contributed by atoms with E-state index in [2.05, 4.69) is 30.4 Å². The van der Waals surface area contributed by atoms with E-state index in [0.29, 0.717) is 6.04 Å². The largest absolute Gasteiger partial charge is 0.483 e. The lowest BCUT2D eigenvalue weighted by Crippen LogP contribution is -2.24. The summed E-state index contributed by atoms with van der Waals surface area (Å²) in [6.07, 6.45) is 4.71. The van der Waals surface area contributed by atoms with E-state index >= 15 is 0 Å². The average molecular weight is 300 g/mol. The number of para-hydroxylation sites is 1. The van der Waals surface area contributed by atoms with Crippen LogP contribution in [0.15, 0.2) is 24.3 Å². The number of ether oxygens (including phenoxy) is 1. The lowest BCUT2D eigenvalue weighted by Gasteiger charge is -2.21. The fourth-order valence-corrected chi connectivity index (χ4v) is 4.54. The van der Waals surface area contributed by atoms with Gasteiger partial charge in [-0.25, -0.2) is 4.98 Å². The third-order valence-corrected chi connectivity index (χ3v) is 5.57. The molecule has 4 heteroatoms. The van der Waals surface area contributed by atoms with Crippen molar-refractivity contribution in [3.8, 4) is 5.75 Å². The molecule has 0 fully saturated rings. The van der Waals surface area contributed by atoms with Crippen molar-refractivity contribution in [2.75, 3.05) is 6.54 Å². The second-order valence-electron chi connectivity index (χ2n) is 5.78. The van der Waals surface area contributed by atoms with E-state index in [0.717, 1.165) is 23.7 Å². The predicted octanol–water partition coefficient (Wildman–Crippen LogP) is 3.81. The van der Waals surface area contributed by atoms with Crippen molar-refractivity contribution in [3.05, 3.63) is 45.4 Å². The number of nitrogens with one attached hydrogen (secondary N) is 1. The van der Waals surface area contributed by atoms with Crippen LogP contribution in [0.5, 0.6) is 5.75 Å². The molecule has 2 heterocycles. The molecule has 2 aromatic rings. The number of nitrogens with zero attached hydrogens (tertiary/aromatic N) is 1. The SMILES string of the molecule is CCNC1CCCc2sc(C3Cc4ccccc4O3)nc21. The van der Waals surface area contributed by atoms with Crippen LogP contribution in [0.1, 0.15) is 53.1 Å². The van der Waals surface area contributed by atoms with Crippen molar-refractivity contribution in [1.29, 1.82) is 0 Å². The van der Waals surface area contributed by atoms with Crippen molar-refractivity contribution in [2.45, 2.75) is 44.8 Å². The molecule has 1 aliphatic heterocycles. The van der Waals surface area contributed by atoms with Crippen LogP contribution in [0.2, 0.25) is 0 Å². The lowest BCUT2D eigenvalue weighted by molar-refractivity contribution is 0.237. The molecule has 2 atom stereocenters. The highest BCUT2D eigenvalue weighted by Crippen LogP contribution is 2.41. The zero-order valence-electron chi connectivity index (χ0n) is 12.3. The van der Waals surface area contributed by atoms with Crippen molar-refractivity contribution in [2.24, 2.45) is 0 Å². The van der Waals surface area contributed by atoms with Gasteiger partial charge >= 0.3 is 0 Å². The summed E-state index contributed by atoms with van der Waals surface area (Å²) in [5, 5.41) is 4.72. The molecule has 0 saturated heterocycles. The van der Waals surface area contributed by atoms with Gasteiger partial charge in [-0.3, -0.25) is 0 Å². The van der Waals surface area contributed by atoms with Crippen LogP contribution in [0.25, 0.3) is 0 Å². The number of fused-ring (bicyclic) bond motifs is 2. The number of hydrogen-bond acceptors (Lipinski definition) is 4. The fourth-order valence-electron chi connectivity index (χ4n) is 3.34. The number of rotatable bonds is 3. The first-order valence-electron chi connectivity index (χ1n) is 7.82. The van der Waals surface area contributed by atoms with E-state index in [4.69, 9.17) is 9.72 Å². The van der Waals surface area contributed by atoms with E-state index in [1.54, 1.807) is 0 Å². The Labute approximate surface area is 129 Å². The highest BCUT2D eigenvalue weighted by Gasteiger charge is 2.30. The van der Waals surface area contributed by atoms with Crippen LogP contribution in [-0.4, -0.2) is 11.5 Å². The third kappa shape index (κ3) is 2.36. The van der Waals surface area contributed by atoms with Crippen molar-refractivity contribution < 1.29 is 4.74 Å². The zero-order valence-corrected chi connectivity index (χ0v) is 13.1. The van der Waals surface area contributed by atoms with Gasteiger partial charge in [-0.05, 0) is 37.4 Å². The smallest absolute Gasteiger partial charge is 0.154 e. The summed E-state index contributed by atoms with van der Waals surface area (Å²) in [7, 11) is 0. The minimum absolute atomic E-state index is 0.111. The standard InChI is InChI=1S/C17H20N2OS/c1-2-18-12-7-5-9-15-16(12)19-17(21-15)14-10-11-6-3-4-8-13(11)20-14/h3-4,6,8,12,14,18H,2,5,7,9-10H2,1H3. The molecule has 0 radical (unpaired) electrons. The van der Waals surface area contributed by atoms with Crippen molar-refractivity contribution in [1.82, 2.24) is 10.3 Å². The summed E-state index contributed by atoms with van der Waals surface area (Å²) in [5.74, 6) is 1.03. The van der Waals surface area contributed by atoms with Gasteiger partial charge in [0.25, 0.3) is 0 Å². The molecule has 2 aliphatic rings. The molecule has 0 bridgehead atoms. The van der Waals surface area contributed by atoms with Gasteiger partial charge < -0.3 is 10.1 Å². The summed E-state index contributed by atoms with van der Waals surface area (Å²) in [5.41, 5.74) is 2.58. The second kappa shape index (κ2) is 5.43. The first kappa shape index (κ1) is 13.3. The Morgan fingerprint density at radius 2 is 2.29 bits per heavy atom. The van der Waals surface area contributed by atoms with Gasteiger partial charge in [0.05, 0.1) is 11.7 Å². The summed E-state index contributed by atoms with van der Waals surface area (Å²) in [4.78, 5) is 6.41. The average Bonchev–Trinajstić information content (AvgIpc) is 3.11. The van der Waals surface area contributed by atoms with Crippen LogP contribution in [0.3, 0.4) is 0 Å². The molecule has 21 heavy (non-hydrogen) atoms. The van der Waals surface area contributed by atoms with Crippen LogP contribution in [0, 0.1) is 0 Å². The Hall–Kier alpha value is -1.39. The van der Waals surface area contributed by atoms with Crippen LogP contribution < -0.4 is 10.1 Å². The lowest BCUT2D eigenvalue weighted by atomic mass is 9.97. The Kier molecular flexibility index (Phi) is 3.43. The van der Waals surface area contributed by atoms with Crippen LogP contribution in [-0.2, 0) is 12.8 Å². The number of thiazole rings is 1. The van der Waals surface area contributed by atoms with Gasteiger partial charge in [0.2, 0.25) is 0 Å². The minimum Gasteiger partial charge on any atom is -0.483 e. The minimum atomic E-state index is 0.111. The molecular weight excluding hydrogens is 280 g/mol. The summed E-state index contributed by atoms with van der Waals surface area (Å²) in [6, 6.07) is 8.77. The highest BCUT2D eigenvalue weighted by atomic mass is 32.1. The normalized spacial score (nSPS) is 23.5. The molecule has 4 rings (SSSR count). The number of benzene rings is 1. The topological polar surface area (TPSA) is 34.1 Å². The Morgan fingerprint density at radius 3 is 3.14 bits per heavy atom. The third-order valence-electron chi connectivity index (χ3n) is 4.34. The Balaban J connectivity index is 1.61. The number of hydrogen-bond donors (Lipinski definition) is 1. The molecule has 1 N–H and O–H groups in total. The van der Waals surface area contributed by atoms with Gasteiger partial charge in [-0.1, -0.05) is 25.1 Å². The number of aromatic nitrogens is 1. The number of aryl methyl sites for hydroxylation is 1. The maximum absolute atomic E-state index is 6.09. The molecule has 0 amide bonds. The molecule has 3 nitrogen and oxygen atoms in total. The van der Waals surface area contributed by atoms with E-state index in [1.807, 2.05) is 17.4 Å². The highest BCUT2D eigenvalue weighted by molar-refractivity contribution is 7.11. The molecular formula is C17H20N2OS. The fraction of sp³-hybridized carbons (Fsp3) is 0.471. The van der Waals surface area contributed by atoms with E-state index in [-0.39, 0.29) is 6.10 Å². The quantitative estimate of drug-likeness (QED) is 0.936. The van der Waals surface area contributed by atoms with Gasteiger partial charge in [0.15, 0.2) is 6.10 Å². The monoisotopic (exact) mass is 300 g/mol. The molecule has 110 valence electrons. The zero-order chi connectivity index (χ0) is 14.2. The van der Waals surface area contributed by atoms with E-state index in [1.165, 1.54) is 35.4 Å². The van der Waals surface area contributed by atoms with Gasteiger partial charge in [-0.2, -0.15) is 0 Å². The molecule has 1 aromatic heterocycles. The van der Waals surface area contributed by atoms with Gasteiger partial charge in [0.1, 0.15) is 10.8 Å². The summed E-state index contributed by atoms with van der Waals surface area (Å²) >= 11 is 1.86. The van der Waals surface area contributed by atoms with Crippen LogP contribution in [0.4, 0.5) is 0 Å².